The number of carbonyl (C=O) groups excluding carboxylic acids is 1. The molecule has 1 saturated heterocycles. The first kappa shape index (κ1) is 11.5. The molecule has 0 saturated carbocycles. The molecule has 0 aromatic heterocycles. The zero-order valence-corrected chi connectivity index (χ0v) is 10.4. The van der Waals surface area contributed by atoms with Crippen LogP contribution in [-0.4, -0.2) is 41.2 Å². The van der Waals surface area contributed by atoms with Crippen molar-refractivity contribution in [3.05, 3.63) is 29.8 Å². The lowest BCUT2D eigenvalue weighted by Gasteiger charge is -2.45. The zero-order chi connectivity index (χ0) is 12.8. The summed E-state index contributed by atoms with van der Waals surface area (Å²) in [5.74, 6) is 0.865. The Bertz CT molecular complexity index is 476. The maximum absolute atomic E-state index is 12.2. The van der Waals surface area contributed by atoms with Crippen molar-refractivity contribution in [2.75, 3.05) is 19.7 Å². The van der Waals surface area contributed by atoms with E-state index in [4.69, 9.17) is 4.74 Å². The van der Waals surface area contributed by atoms with E-state index in [1.807, 2.05) is 24.3 Å². The summed E-state index contributed by atoms with van der Waals surface area (Å²) in [5, 5.41) is 9.66. The summed E-state index contributed by atoms with van der Waals surface area (Å²) in [6.45, 7) is 3.06. The number of hydrogen-bond acceptors (Lipinski definition) is 3. The predicted octanol–water partition coefficient (Wildman–Crippen LogP) is 0.831. The molecule has 0 bridgehead atoms. The highest BCUT2D eigenvalue weighted by molar-refractivity contribution is 5.80. The van der Waals surface area contributed by atoms with Gasteiger partial charge in [0.2, 0.25) is 5.91 Å². The molecule has 1 aromatic rings. The van der Waals surface area contributed by atoms with Crippen LogP contribution in [0.15, 0.2) is 24.3 Å². The second-order valence-electron chi connectivity index (χ2n) is 5.51. The molecule has 0 aliphatic carbocycles. The molecule has 0 radical (unpaired) electrons. The summed E-state index contributed by atoms with van der Waals surface area (Å²) in [4.78, 5) is 13.9. The number of fused-ring (bicyclic) bond motifs is 1. The van der Waals surface area contributed by atoms with Gasteiger partial charge in [-0.15, -0.1) is 0 Å². The van der Waals surface area contributed by atoms with E-state index in [1.165, 1.54) is 0 Å². The predicted molar refractivity (Wildman–Crippen MR) is 66.3 cm³/mol. The van der Waals surface area contributed by atoms with Gasteiger partial charge in [0.05, 0.1) is 24.6 Å². The topological polar surface area (TPSA) is 49.8 Å². The van der Waals surface area contributed by atoms with Crippen molar-refractivity contribution in [1.82, 2.24) is 4.90 Å². The van der Waals surface area contributed by atoms with Crippen molar-refractivity contribution in [3.8, 4) is 5.75 Å². The fraction of sp³-hybridized carbons (Fsp3) is 0.500. The molecule has 1 aromatic carbocycles. The van der Waals surface area contributed by atoms with E-state index in [1.54, 1.807) is 11.8 Å². The molecule has 18 heavy (non-hydrogen) atoms. The SMILES string of the molecule is CC1(O)CN(C(=O)C2COc3ccccc3C2)C1. The molecular weight excluding hydrogens is 230 g/mol. The fourth-order valence-electron chi connectivity index (χ4n) is 2.68. The second-order valence-corrected chi connectivity index (χ2v) is 5.51. The highest BCUT2D eigenvalue weighted by Crippen LogP contribution is 2.30. The molecule has 1 fully saturated rings. The number of likely N-dealkylation sites (tertiary alicyclic amines) is 1. The van der Waals surface area contributed by atoms with Crippen LogP contribution in [0.25, 0.3) is 0 Å². The average Bonchev–Trinajstić information content (AvgIpc) is 2.34. The van der Waals surface area contributed by atoms with E-state index in [-0.39, 0.29) is 11.8 Å². The highest BCUT2D eigenvalue weighted by Gasteiger charge is 2.42. The molecule has 3 rings (SSSR count). The largest absolute Gasteiger partial charge is 0.492 e. The van der Waals surface area contributed by atoms with Gasteiger partial charge in [0.15, 0.2) is 0 Å². The third-order valence-electron chi connectivity index (χ3n) is 3.60. The normalized spacial score (nSPS) is 24.8. The molecule has 0 spiro atoms. The smallest absolute Gasteiger partial charge is 0.229 e. The van der Waals surface area contributed by atoms with Gasteiger partial charge in [-0.25, -0.2) is 0 Å². The first-order valence-corrected chi connectivity index (χ1v) is 6.27. The first-order valence-electron chi connectivity index (χ1n) is 6.27. The van der Waals surface area contributed by atoms with E-state index in [0.717, 1.165) is 17.7 Å². The molecule has 2 aliphatic rings. The van der Waals surface area contributed by atoms with Gasteiger partial charge in [0.25, 0.3) is 0 Å². The Hall–Kier alpha value is -1.55. The number of benzene rings is 1. The van der Waals surface area contributed by atoms with Crippen LogP contribution >= 0.6 is 0 Å². The summed E-state index contributed by atoms with van der Waals surface area (Å²) in [6, 6.07) is 7.84. The molecular formula is C14H17NO3. The molecule has 1 N–H and O–H groups in total. The highest BCUT2D eigenvalue weighted by atomic mass is 16.5. The van der Waals surface area contributed by atoms with Crippen molar-refractivity contribution in [2.45, 2.75) is 18.9 Å². The number of ether oxygens (including phenoxy) is 1. The number of rotatable bonds is 1. The van der Waals surface area contributed by atoms with Crippen LogP contribution in [0, 0.1) is 5.92 Å². The van der Waals surface area contributed by atoms with Gasteiger partial charge in [0, 0.05) is 0 Å². The van der Waals surface area contributed by atoms with Gasteiger partial charge >= 0.3 is 0 Å². The number of hydrogen-bond donors (Lipinski definition) is 1. The van der Waals surface area contributed by atoms with Crippen LogP contribution in [0.3, 0.4) is 0 Å². The van der Waals surface area contributed by atoms with Gasteiger partial charge in [-0.3, -0.25) is 4.79 Å². The zero-order valence-electron chi connectivity index (χ0n) is 10.4. The summed E-state index contributed by atoms with van der Waals surface area (Å²) in [6.07, 6.45) is 0.730. The standard InChI is InChI=1S/C14H17NO3/c1-14(17)8-15(9-14)13(16)11-6-10-4-2-3-5-12(10)18-7-11/h2-5,11,17H,6-9H2,1H3. The number of para-hydroxylation sites is 1. The molecule has 2 aliphatic heterocycles. The number of aliphatic hydroxyl groups is 1. The van der Waals surface area contributed by atoms with Crippen LogP contribution < -0.4 is 4.74 Å². The first-order chi connectivity index (χ1) is 8.55. The second kappa shape index (κ2) is 3.99. The van der Waals surface area contributed by atoms with E-state index < -0.39 is 5.60 Å². The van der Waals surface area contributed by atoms with E-state index in [9.17, 15) is 9.90 Å². The number of carbonyl (C=O) groups is 1. The lowest BCUT2D eigenvalue weighted by Crippen LogP contribution is -2.63. The third-order valence-corrected chi connectivity index (χ3v) is 3.60. The summed E-state index contributed by atoms with van der Waals surface area (Å²) in [7, 11) is 0. The van der Waals surface area contributed by atoms with Crippen LogP contribution in [-0.2, 0) is 11.2 Å². The third kappa shape index (κ3) is 1.97. The molecule has 4 nitrogen and oxygen atoms in total. The monoisotopic (exact) mass is 247 g/mol. The van der Waals surface area contributed by atoms with Crippen molar-refractivity contribution >= 4 is 5.91 Å². The Morgan fingerprint density at radius 1 is 1.44 bits per heavy atom. The van der Waals surface area contributed by atoms with Crippen molar-refractivity contribution < 1.29 is 14.6 Å². The van der Waals surface area contributed by atoms with Gasteiger partial charge in [-0.05, 0) is 25.0 Å². The minimum absolute atomic E-state index is 0.0935. The van der Waals surface area contributed by atoms with Gasteiger partial charge in [-0.2, -0.15) is 0 Å². The Morgan fingerprint density at radius 2 is 2.17 bits per heavy atom. The van der Waals surface area contributed by atoms with E-state index in [2.05, 4.69) is 0 Å². The molecule has 1 amide bonds. The van der Waals surface area contributed by atoms with Crippen LogP contribution in [0.5, 0.6) is 5.75 Å². The van der Waals surface area contributed by atoms with Crippen molar-refractivity contribution in [3.63, 3.8) is 0 Å². The Morgan fingerprint density at radius 3 is 2.89 bits per heavy atom. The molecule has 1 unspecified atom stereocenters. The van der Waals surface area contributed by atoms with Crippen molar-refractivity contribution in [1.29, 1.82) is 0 Å². The van der Waals surface area contributed by atoms with Gasteiger partial charge < -0.3 is 14.7 Å². The van der Waals surface area contributed by atoms with Gasteiger partial charge in [-0.1, -0.05) is 18.2 Å². The Balaban J connectivity index is 1.68. The number of nitrogens with zero attached hydrogens (tertiary/aromatic N) is 1. The lowest BCUT2D eigenvalue weighted by atomic mass is 9.91. The van der Waals surface area contributed by atoms with Crippen LogP contribution in [0.4, 0.5) is 0 Å². The summed E-state index contributed by atoms with van der Waals surface area (Å²) >= 11 is 0. The summed E-state index contributed by atoms with van der Waals surface area (Å²) < 4.78 is 5.62. The van der Waals surface area contributed by atoms with E-state index in [0.29, 0.717) is 19.7 Å². The van der Waals surface area contributed by atoms with Crippen LogP contribution in [0.2, 0.25) is 0 Å². The molecule has 4 heteroatoms. The number of amides is 1. The van der Waals surface area contributed by atoms with E-state index >= 15 is 0 Å². The minimum Gasteiger partial charge on any atom is -0.492 e. The molecule has 2 heterocycles. The fourth-order valence-corrected chi connectivity index (χ4v) is 2.68. The Labute approximate surface area is 106 Å². The summed E-state index contributed by atoms with van der Waals surface area (Å²) in [5.41, 5.74) is 0.387. The van der Waals surface area contributed by atoms with Gasteiger partial charge in [0.1, 0.15) is 12.4 Å². The number of β-amino-alcohol motifs (C(OH)–C–C–N with tert-alkyl or cyclic N) is 1. The van der Waals surface area contributed by atoms with Crippen LogP contribution in [0.1, 0.15) is 12.5 Å². The maximum Gasteiger partial charge on any atom is 0.229 e. The Kier molecular flexibility index (Phi) is 2.55. The minimum atomic E-state index is -0.705. The molecule has 96 valence electrons. The quantitative estimate of drug-likeness (QED) is 0.799. The lowest BCUT2D eigenvalue weighted by molar-refractivity contribution is -0.157. The average molecular weight is 247 g/mol. The maximum atomic E-state index is 12.2. The van der Waals surface area contributed by atoms with Crippen molar-refractivity contribution in [2.24, 2.45) is 5.92 Å². The molecule has 1 atom stereocenters.